The van der Waals surface area contributed by atoms with Gasteiger partial charge in [-0.15, -0.1) is 11.8 Å². The molecule has 0 aliphatic carbocycles. The molecule has 0 aromatic heterocycles. The van der Waals surface area contributed by atoms with Crippen molar-refractivity contribution in [2.45, 2.75) is 50.3 Å². The molecule has 4 nitrogen and oxygen atoms in total. The summed E-state index contributed by atoms with van der Waals surface area (Å²) < 4.78 is 4.57. The Bertz CT molecular complexity index is 258. The highest BCUT2D eigenvalue weighted by Gasteiger charge is 2.20. The summed E-state index contributed by atoms with van der Waals surface area (Å²) in [6.07, 6.45) is 7.08. The number of carbonyl (C=O) groups is 2. The zero-order chi connectivity index (χ0) is 12.5. The van der Waals surface area contributed by atoms with Gasteiger partial charge < -0.3 is 10.1 Å². The highest BCUT2D eigenvalue weighted by atomic mass is 32.2. The molecule has 1 amide bonds. The average Bonchev–Trinajstić information content (AvgIpc) is 2.73. The third-order valence-corrected chi connectivity index (χ3v) is 4.00. The summed E-state index contributed by atoms with van der Waals surface area (Å²) in [6.45, 7) is 0. The summed E-state index contributed by atoms with van der Waals surface area (Å²) in [4.78, 5) is 21.8. The number of hydrogen-bond donors (Lipinski definition) is 1. The molecular weight excluding hydrogens is 238 g/mol. The molecular formula is C12H21NO3S. The van der Waals surface area contributed by atoms with Crippen molar-refractivity contribution in [1.82, 2.24) is 5.32 Å². The first-order chi connectivity index (χ1) is 8.22. The smallest absolute Gasteiger partial charge is 0.305 e. The maximum atomic E-state index is 10.9. The number of methoxy groups -OCH3 is 1. The lowest BCUT2D eigenvalue weighted by Gasteiger charge is -2.08. The second-order valence-corrected chi connectivity index (χ2v) is 5.44. The van der Waals surface area contributed by atoms with Gasteiger partial charge in [0.05, 0.1) is 18.2 Å². The Morgan fingerprint density at radius 3 is 2.71 bits per heavy atom. The van der Waals surface area contributed by atoms with Crippen LogP contribution in [0.3, 0.4) is 0 Å². The fraction of sp³-hybridized carbons (Fsp3) is 0.833. The largest absolute Gasteiger partial charge is 0.469 e. The fourth-order valence-corrected chi connectivity index (χ4v) is 2.81. The Hall–Kier alpha value is -0.710. The minimum absolute atomic E-state index is 0.116. The van der Waals surface area contributed by atoms with Crippen LogP contribution < -0.4 is 5.32 Å². The maximum absolute atomic E-state index is 10.9. The number of unbranched alkanes of at least 4 members (excludes halogenated alkanes) is 4. The van der Waals surface area contributed by atoms with Gasteiger partial charge in [-0.25, -0.2) is 0 Å². The fourth-order valence-electron chi connectivity index (χ4n) is 1.83. The van der Waals surface area contributed by atoms with Gasteiger partial charge in [0, 0.05) is 6.42 Å². The number of carbonyl (C=O) groups excluding carboxylic acids is 2. The number of rotatable bonds is 8. The highest BCUT2D eigenvalue weighted by molar-refractivity contribution is 8.01. The van der Waals surface area contributed by atoms with Crippen LogP contribution >= 0.6 is 11.8 Å². The van der Waals surface area contributed by atoms with Gasteiger partial charge in [-0.1, -0.05) is 25.7 Å². The Kier molecular flexibility index (Phi) is 7.08. The van der Waals surface area contributed by atoms with Crippen LogP contribution in [0.5, 0.6) is 0 Å². The zero-order valence-electron chi connectivity index (χ0n) is 10.4. The average molecular weight is 259 g/mol. The van der Waals surface area contributed by atoms with E-state index in [2.05, 4.69) is 10.1 Å². The molecule has 0 aromatic rings. The second-order valence-electron chi connectivity index (χ2n) is 4.25. The minimum atomic E-state index is -0.116. The van der Waals surface area contributed by atoms with Crippen LogP contribution in [0.2, 0.25) is 0 Å². The Morgan fingerprint density at radius 1 is 1.35 bits per heavy atom. The molecule has 0 saturated carbocycles. The van der Waals surface area contributed by atoms with Gasteiger partial charge in [-0.3, -0.25) is 9.59 Å². The van der Waals surface area contributed by atoms with Crippen LogP contribution in [0.25, 0.3) is 0 Å². The van der Waals surface area contributed by atoms with Gasteiger partial charge in [-0.2, -0.15) is 0 Å². The number of thioether (sulfide) groups is 1. The van der Waals surface area contributed by atoms with Crippen LogP contribution in [0.15, 0.2) is 0 Å². The molecule has 0 bridgehead atoms. The van der Waals surface area contributed by atoms with Crippen molar-refractivity contribution < 1.29 is 14.3 Å². The van der Waals surface area contributed by atoms with Gasteiger partial charge in [0.15, 0.2) is 0 Å². The first-order valence-electron chi connectivity index (χ1n) is 6.20. The molecule has 1 fully saturated rings. The minimum Gasteiger partial charge on any atom is -0.469 e. The monoisotopic (exact) mass is 259 g/mol. The normalized spacial score (nSPS) is 19.1. The lowest BCUT2D eigenvalue weighted by Crippen LogP contribution is -2.24. The van der Waals surface area contributed by atoms with Gasteiger partial charge in [0.1, 0.15) is 0 Å². The first-order valence-corrected chi connectivity index (χ1v) is 7.25. The highest BCUT2D eigenvalue weighted by Crippen LogP contribution is 2.20. The van der Waals surface area contributed by atoms with Gasteiger partial charge in [-0.05, 0) is 12.8 Å². The van der Waals surface area contributed by atoms with Gasteiger partial charge >= 0.3 is 5.97 Å². The summed E-state index contributed by atoms with van der Waals surface area (Å²) in [5.74, 6) is 0.664. The van der Waals surface area contributed by atoms with Crippen LogP contribution in [0, 0.1) is 0 Å². The number of hydrogen-bond acceptors (Lipinski definition) is 4. The Balaban J connectivity index is 1.84. The Labute approximate surface area is 107 Å². The van der Waals surface area contributed by atoms with Crippen LogP contribution in [-0.2, 0) is 14.3 Å². The van der Waals surface area contributed by atoms with E-state index in [9.17, 15) is 9.59 Å². The predicted molar refractivity (Wildman–Crippen MR) is 68.7 cm³/mol. The summed E-state index contributed by atoms with van der Waals surface area (Å²) in [7, 11) is 1.43. The van der Waals surface area contributed by atoms with E-state index in [1.54, 1.807) is 11.8 Å². The molecule has 1 aliphatic rings. The third-order valence-electron chi connectivity index (χ3n) is 2.81. The molecule has 1 N–H and O–H groups in total. The molecule has 5 heteroatoms. The number of amides is 1. The molecule has 17 heavy (non-hydrogen) atoms. The van der Waals surface area contributed by atoms with Crippen LogP contribution in [0.4, 0.5) is 0 Å². The molecule has 1 heterocycles. The SMILES string of the molecule is COC(=O)CCCCCCCC1NC(=O)CS1. The van der Waals surface area contributed by atoms with Gasteiger partial charge in [0.2, 0.25) is 5.91 Å². The molecule has 98 valence electrons. The molecule has 1 unspecified atom stereocenters. The van der Waals surface area contributed by atoms with E-state index >= 15 is 0 Å². The van der Waals surface area contributed by atoms with Crippen molar-refractivity contribution in [2.24, 2.45) is 0 Å². The topological polar surface area (TPSA) is 55.4 Å². The lowest BCUT2D eigenvalue weighted by molar-refractivity contribution is -0.140. The van der Waals surface area contributed by atoms with Crippen molar-refractivity contribution in [3.8, 4) is 0 Å². The van der Waals surface area contributed by atoms with E-state index < -0.39 is 0 Å². The van der Waals surface area contributed by atoms with E-state index in [0.717, 1.165) is 32.1 Å². The Morgan fingerprint density at radius 2 is 2.06 bits per heavy atom. The maximum Gasteiger partial charge on any atom is 0.305 e. The molecule has 0 radical (unpaired) electrons. The van der Waals surface area contributed by atoms with E-state index in [-0.39, 0.29) is 11.9 Å². The zero-order valence-corrected chi connectivity index (χ0v) is 11.2. The number of nitrogens with one attached hydrogen (secondary N) is 1. The van der Waals surface area contributed by atoms with Crippen LogP contribution in [-0.4, -0.2) is 30.1 Å². The summed E-state index contributed by atoms with van der Waals surface area (Å²) in [6, 6.07) is 0. The third kappa shape index (κ3) is 6.56. The van der Waals surface area contributed by atoms with Gasteiger partial charge in [0.25, 0.3) is 0 Å². The van der Waals surface area contributed by atoms with Crippen molar-refractivity contribution in [3.05, 3.63) is 0 Å². The predicted octanol–water partition coefficient (Wildman–Crippen LogP) is 2.08. The second kappa shape index (κ2) is 8.39. The first kappa shape index (κ1) is 14.4. The quantitative estimate of drug-likeness (QED) is 0.535. The van der Waals surface area contributed by atoms with Crippen molar-refractivity contribution >= 4 is 23.6 Å². The van der Waals surface area contributed by atoms with E-state index in [1.165, 1.54) is 13.5 Å². The molecule has 1 atom stereocenters. The van der Waals surface area contributed by atoms with E-state index in [1.807, 2.05) is 0 Å². The van der Waals surface area contributed by atoms with Crippen molar-refractivity contribution in [1.29, 1.82) is 0 Å². The summed E-state index contributed by atoms with van der Waals surface area (Å²) in [5, 5.41) is 3.27. The molecule has 1 rings (SSSR count). The summed E-state index contributed by atoms with van der Waals surface area (Å²) in [5.41, 5.74) is 0. The summed E-state index contributed by atoms with van der Waals surface area (Å²) >= 11 is 1.70. The molecule has 0 spiro atoms. The molecule has 1 saturated heterocycles. The molecule has 1 aliphatic heterocycles. The van der Waals surface area contributed by atoms with Crippen LogP contribution in [0.1, 0.15) is 44.9 Å². The van der Waals surface area contributed by atoms with E-state index in [4.69, 9.17) is 0 Å². The van der Waals surface area contributed by atoms with E-state index in [0.29, 0.717) is 17.5 Å². The van der Waals surface area contributed by atoms with Crippen molar-refractivity contribution in [2.75, 3.05) is 12.9 Å². The van der Waals surface area contributed by atoms with Crippen molar-refractivity contribution in [3.63, 3.8) is 0 Å². The standard InChI is InChI=1S/C12H21NO3S/c1-16-12(15)8-6-4-2-3-5-7-11-13-10(14)9-17-11/h11H,2-9H2,1H3,(H,13,14). The molecule has 0 aromatic carbocycles. The number of esters is 1. The lowest BCUT2D eigenvalue weighted by atomic mass is 10.1. The number of ether oxygens (including phenoxy) is 1.